The summed E-state index contributed by atoms with van der Waals surface area (Å²) in [5.74, 6) is 0.214. The predicted octanol–water partition coefficient (Wildman–Crippen LogP) is 1.29. The van der Waals surface area contributed by atoms with Crippen molar-refractivity contribution in [1.29, 1.82) is 0 Å². The lowest BCUT2D eigenvalue weighted by atomic mass is 10.3. The molecule has 3 rings (SSSR count). The second-order valence-corrected chi connectivity index (χ2v) is 8.37. The van der Waals surface area contributed by atoms with E-state index >= 15 is 0 Å². The maximum atomic E-state index is 12.3. The minimum absolute atomic E-state index is 0.0840. The number of amides is 1. The SMILES string of the molecule is CCc1nnc(NC(=O)CSC(=Nc2ccccc2)N2CC[NH+](C)CC2)s1. The number of para-hydroxylation sites is 1. The molecule has 0 saturated carbocycles. The van der Waals surface area contributed by atoms with Crippen molar-refractivity contribution in [2.75, 3.05) is 44.3 Å². The molecule has 1 amide bonds. The molecule has 2 heterocycles. The molecule has 27 heavy (non-hydrogen) atoms. The topological polar surface area (TPSA) is 74.9 Å². The Morgan fingerprint density at radius 2 is 2.04 bits per heavy atom. The van der Waals surface area contributed by atoms with Crippen LogP contribution in [0.4, 0.5) is 10.8 Å². The number of quaternary nitrogens is 1. The van der Waals surface area contributed by atoms with Crippen molar-refractivity contribution in [3.63, 3.8) is 0 Å². The number of carbonyl (C=O) groups is 1. The molecule has 144 valence electrons. The molecule has 0 bridgehead atoms. The molecule has 0 radical (unpaired) electrons. The predicted molar refractivity (Wildman–Crippen MR) is 112 cm³/mol. The molecule has 2 N–H and O–H groups in total. The van der Waals surface area contributed by atoms with E-state index in [-0.39, 0.29) is 5.91 Å². The molecule has 1 aromatic carbocycles. The Balaban J connectivity index is 1.64. The summed E-state index contributed by atoms with van der Waals surface area (Å²) >= 11 is 2.89. The zero-order valence-electron chi connectivity index (χ0n) is 15.6. The highest BCUT2D eigenvalue weighted by atomic mass is 32.2. The van der Waals surface area contributed by atoms with Gasteiger partial charge in [-0.3, -0.25) is 10.1 Å². The summed E-state index contributed by atoms with van der Waals surface area (Å²) in [7, 11) is 2.21. The minimum Gasteiger partial charge on any atom is -0.340 e. The van der Waals surface area contributed by atoms with Crippen molar-refractivity contribution in [3.05, 3.63) is 35.3 Å². The van der Waals surface area contributed by atoms with Crippen LogP contribution in [0.2, 0.25) is 0 Å². The van der Waals surface area contributed by atoms with E-state index in [1.807, 2.05) is 37.3 Å². The largest absolute Gasteiger partial charge is 0.340 e. The highest BCUT2D eigenvalue weighted by Crippen LogP contribution is 2.19. The maximum absolute atomic E-state index is 12.3. The standard InChI is InChI=1S/C18H24N6OS2/c1-3-16-21-22-17(27-16)20-15(25)13-26-18(19-14-7-5-4-6-8-14)24-11-9-23(2)10-12-24/h4-8H,3,9-13H2,1-2H3,(H,20,22,25)/p+1. The Hall–Kier alpha value is -1.97. The van der Waals surface area contributed by atoms with Gasteiger partial charge in [0.2, 0.25) is 11.0 Å². The lowest BCUT2D eigenvalue weighted by Gasteiger charge is -2.32. The Bertz CT molecular complexity index is 771. The number of aryl methyl sites for hydroxylation is 1. The van der Waals surface area contributed by atoms with E-state index in [0.29, 0.717) is 10.9 Å². The summed E-state index contributed by atoms with van der Waals surface area (Å²) in [6.45, 7) is 6.06. The number of nitrogens with one attached hydrogen (secondary N) is 2. The monoisotopic (exact) mass is 405 g/mol. The number of anilines is 1. The fraction of sp³-hybridized carbons (Fsp3) is 0.444. The zero-order valence-corrected chi connectivity index (χ0v) is 17.3. The van der Waals surface area contributed by atoms with Gasteiger partial charge in [0.05, 0.1) is 44.7 Å². The Kier molecular flexibility index (Phi) is 7.19. The summed E-state index contributed by atoms with van der Waals surface area (Å²) in [4.78, 5) is 20.9. The molecular weight excluding hydrogens is 380 g/mol. The van der Waals surface area contributed by atoms with Crippen LogP contribution in [0.3, 0.4) is 0 Å². The van der Waals surface area contributed by atoms with Crippen molar-refractivity contribution >= 4 is 45.0 Å². The van der Waals surface area contributed by atoms with Gasteiger partial charge in [0.15, 0.2) is 5.17 Å². The molecule has 1 aromatic heterocycles. The van der Waals surface area contributed by atoms with Crippen molar-refractivity contribution in [2.24, 2.45) is 4.99 Å². The van der Waals surface area contributed by atoms with Crippen LogP contribution in [-0.2, 0) is 11.2 Å². The number of benzene rings is 1. The number of carbonyl (C=O) groups excluding carboxylic acids is 1. The number of rotatable bonds is 5. The number of thioether (sulfide) groups is 1. The molecule has 1 aliphatic heterocycles. The molecule has 0 aliphatic carbocycles. The quantitative estimate of drug-likeness (QED) is 0.579. The molecule has 0 atom stereocenters. The van der Waals surface area contributed by atoms with Crippen LogP contribution in [0.1, 0.15) is 11.9 Å². The number of likely N-dealkylation sites (N-methyl/N-ethyl adjacent to an activating group) is 1. The third kappa shape index (κ3) is 6.02. The first kappa shape index (κ1) is 19.8. The van der Waals surface area contributed by atoms with Crippen molar-refractivity contribution < 1.29 is 9.69 Å². The van der Waals surface area contributed by atoms with Gasteiger partial charge in [-0.05, 0) is 18.6 Å². The average molecular weight is 406 g/mol. The number of hydrogen-bond acceptors (Lipinski definition) is 6. The first-order valence-corrected chi connectivity index (χ1v) is 10.9. The van der Waals surface area contributed by atoms with Gasteiger partial charge in [0, 0.05) is 0 Å². The molecule has 2 aromatic rings. The van der Waals surface area contributed by atoms with Crippen LogP contribution < -0.4 is 10.2 Å². The minimum atomic E-state index is -0.0840. The number of aromatic nitrogens is 2. The fourth-order valence-corrected chi connectivity index (χ4v) is 4.18. The van der Waals surface area contributed by atoms with E-state index in [0.717, 1.165) is 48.5 Å². The lowest BCUT2D eigenvalue weighted by molar-refractivity contribution is -0.883. The molecule has 0 spiro atoms. The summed E-state index contributed by atoms with van der Waals surface area (Å²) in [5.41, 5.74) is 0.906. The van der Waals surface area contributed by atoms with Gasteiger partial charge >= 0.3 is 0 Å². The first-order chi connectivity index (χ1) is 13.1. The molecule has 1 saturated heterocycles. The second kappa shape index (κ2) is 9.82. The Morgan fingerprint density at radius 3 is 2.70 bits per heavy atom. The molecule has 0 unspecified atom stereocenters. The lowest BCUT2D eigenvalue weighted by Crippen LogP contribution is -3.12. The summed E-state index contributed by atoms with van der Waals surface area (Å²) in [5, 5.41) is 13.2. The van der Waals surface area contributed by atoms with Gasteiger partial charge in [0.1, 0.15) is 5.01 Å². The Labute approximate surface area is 167 Å². The highest BCUT2D eigenvalue weighted by Gasteiger charge is 2.21. The van der Waals surface area contributed by atoms with Gasteiger partial charge in [-0.1, -0.05) is 48.2 Å². The van der Waals surface area contributed by atoms with Crippen LogP contribution in [-0.4, -0.2) is 65.2 Å². The van der Waals surface area contributed by atoms with Crippen molar-refractivity contribution in [2.45, 2.75) is 13.3 Å². The number of piperazine rings is 1. The van der Waals surface area contributed by atoms with Crippen LogP contribution in [0.25, 0.3) is 0 Å². The van der Waals surface area contributed by atoms with E-state index in [9.17, 15) is 4.79 Å². The maximum Gasteiger partial charge on any atom is 0.236 e. The zero-order chi connectivity index (χ0) is 19.1. The van der Waals surface area contributed by atoms with E-state index in [4.69, 9.17) is 4.99 Å². The fourth-order valence-electron chi connectivity index (χ4n) is 2.62. The summed E-state index contributed by atoms with van der Waals surface area (Å²) in [6.07, 6.45) is 0.821. The van der Waals surface area contributed by atoms with Gasteiger partial charge < -0.3 is 9.80 Å². The van der Waals surface area contributed by atoms with Gasteiger partial charge in [-0.15, -0.1) is 10.2 Å². The Morgan fingerprint density at radius 1 is 1.30 bits per heavy atom. The molecule has 9 heteroatoms. The molecule has 1 aliphatic rings. The second-order valence-electron chi connectivity index (χ2n) is 6.37. The normalized spacial score (nSPS) is 15.8. The molecular formula is C18H25N6OS2+. The number of amidine groups is 1. The van der Waals surface area contributed by atoms with E-state index in [1.165, 1.54) is 28.0 Å². The third-order valence-corrected chi connectivity index (χ3v) is 6.21. The third-order valence-electron chi connectivity index (χ3n) is 4.22. The van der Waals surface area contributed by atoms with Crippen LogP contribution >= 0.6 is 23.1 Å². The van der Waals surface area contributed by atoms with Crippen LogP contribution in [0.5, 0.6) is 0 Å². The summed E-state index contributed by atoms with van der Waals surface area (Å²) < 4.78 is 0. The van der Waals surface area contributed by atoms with Gasteiger partial charge in [0.25, 0.3) is 0 Å². The smallest absolute Gasteiger partial charge is 0.236 e. The van der Waals surface area contributed by atoms with E-state index in [2.05, 4.69) is 27.5 Å². The number of aliphatic imine (C=N–C) groups is 1. The van der Waals surface area contributed by atoms with Crippen LogP contribution in [0, 0.1) is 0 Å². The van der Waals surface area contributed by atoms with Gasteiger partial charge in [-0.25, -0.2) is 4.99 Å². The van der Waals surface area contributed by atoms with Crippen LogP contribution in [0.15, 0.2) is 35.3 Å². The molecule has 1 fully saturated rings. The highest BCUT2D eigenvalue weighted by molar-refractivity contribution is 8.14. The molecule has 7 nitrogen and oxygen atoms in total. The summed E-state index contributed by atoms with van der Waals surface area (Å²) in [6, 6.07) is 9.89. The van der Waals surface area contributed by atoms with Crippen molar-refractivity contribution in [3.8, 4) is 0 Å². The van der Waals surface area contributed by atoms with E-state index < -0.39 is 0 Å². The average Bonchev–Trinajstić information content (AvgIpc) is 3.14. The number of hydrogen-bond donors (Lipinski definition) is 2. The van der Waals surface area contributed by atoms with Gasteiger partial charge in [-0.2, -0.15) is 0 Å². The van der Waals surface area contributed by atoms with E-state index in [1.54, 1.807) is 0 Å². The van der Waals surface area contributed by atoms with Crippen molar-refractivity contribution in [1.82, 2.24) is 15.1 Å². The number of nitrogens with zero attached hydrogens (tertiary/aromatic N) is 4. The first-order valence-electron chi connectivity index (χ1n) is 9.09.